The van der Waals surface area contributed by atoms with Gasteiger partial charge in [-0.15, -0.1) is 0 Å². The summed E-state index contributed by atoms with van der Waals surface area (Å²) in [6.07, 6.45) is 25.6. The van der Waals surface area contributed by atoms with Crippen molar-refractivity contribution in [3.8, 4) is 11.5 Å². The van der Waals surface area contributed by atoms with Crippen LogP contribution in [0.15, 0.2) is 12.1 Å². The van der Waals surface area contributed by atoms with Crippen LogP contribution < -0.4 is 9.47 Å². The number of hydrogen-bond acceptors (Lipinski definition) is 2. The zero-order valence-corrected chi connectivity index (χ0v) is 25.5. The monoisotopic (exact) mass is 558 g/mol. The molecule has 0 heterocycles. The van der Waals surface area contributed by atoms with Crippen molar-refractivity contribution >= 4 is 0 Å². The van der Waals surface area contributed by atoms with Crippen molar-refractivity contribution in [3.63, 3.8) is 0 Å². The summed E-state index contributed by atoms with van der Waals surface area (Å²) >= 11 is 0. The molecule has 2 nitrogen and oxygen atoms in total. The highest BCUT2D eigenvalue weighted by Crippen LogP contribution is 2.50. The number of benzene rings is 1. The summed E-state index contributed by atoms with van der Waals surface area (Å²) in [5, 5.41) is 0. The minimum Gasteiger partial charge on any atom is -0.491 e. The number of hydrogen-bond donors (Lipinski definition) is 0. The molecule has 0 radical (unpaired) electrons. The summed E-state index contributed by atoms with van der Waals surface area (Å²) in [4.78, 5) is 0. The minimum absolute atomic E-state index is 0.0105. The third-order valence-corrected chi connectivity index (χ3v) is 11.8. The van der Waals surface area contributed by atoms with E-state index in [1.54, 1.807) is 6.92 Å². The van der Waals surface area contributed by atoms with E-state index in [1.807, 2.05) is 0 Å². The molecule has 226 valence electrons. The highest BCUT2D eigenvalue weighted by Gasteiger charge is 2.39. The number of rotatable bonds is 11. The lowest BCUT2D eigenvalue weighted by molar-refractivity contribution is 0.0527. The van der Waals surface area contributed by atoms with Crippen LogP contribution in [0.1, 0.15) is 129 Å². The minimum atomic E-state index is -0.947. The van der Waals surface area contributed by atoms with Crippen LogP contribution in [-0.4, -0.2) is 13.2 Å². The first-order valence-corrected chi connectivity index (χ1v) is 17.3. The molecule has 0 amide bonds. The summed E-state index contributed by atoms with van der Waals surface area (Å²) < 4.78 is 39.5. The summed E-state index contributed by atoms with van der Waals surface area (Å²) in [7, 11) is 0. The molecular weight excluding hydrogens is 502 g/mol. The smallest absolute Gasteiger partial charge is 0.204 e. The molecule has 40 heavy (non-hydrogen) atoms. The van der Waals surface area contributed by atoms with E-state index >= 15 is 0 Å². The van der Waals surface area contributed by atoms with Gasteiger partial charge in [0.25, 0.3) is 0 Å². The Morgan fingerprint density at radius 3 is 1.68 bits per heavy atom. The quantitative estimate of drug-likeness (QED) is 0.269. The number of fused-ring (bicyclic) bond motifs is 1. The Morgan fingerprint density at radius 2 is 1.02 bits per heavy atom. The fourth-order valence-electron chi connectivity index (χ4n) is 9.33. The Morgan fingerprint density at radius 1 is 0.550 bits per heavy atom. The Kier molecular flexibility index (Phi) is 11.1. The van der Waals surface area contributed by atoms with E-state index in [0.717, 1.165) is 54.3 Å². The third-order valence-electron chi connectivity index (χ3n) is 11.8. The predicted octanol–water partition coefficient (Wildman–Crippen LogP) is 10.8. The lowest BCUT2D eigenvalue weighted by Crippen LogP contribution is -2.35. The molecule has 4 heteroatoms. The molecule has 0 saturated heterocycles. The Balaban J connectivity index is 0.989. The maximum absolute atomic E-state index is 14.4. The molecule has 0 bridgehead atoms. The normalized spacial score (nSPS) is 34.7. The molecule has 0 spiro atoms. The van der Waals surface area contributed by atoms with Crippen molar-refractivity contribution in [2.75, 3.05) is 13.2 Å². The van der Waals surface area contributed by atoms with Gasteiger partial charge < -0.3 is 9.47 Å². The van der Waals surface area contributed by atoms with Crippen LogP contribution in [0.4, 0.5) is 8.78 Å². The maximum atomic E-state index is 14.4. The van der Waals surface area contributed by atoms with E-state index in [4.69, 9.17) is 9.47 Å². The fraction of sp³-hybridized carbons (Fsp3) is 0.833. The molecule has 0 aromatic heterocycles. The highest BCUT2D eigenvalue weighted by molar-refractivity contribution is 5.35. The molecular formula is C36H56F2O2. The van der Waals surface area contributed by atoms with E-state index < -0.39 is 11.6 Å². The van der Waals surface area contributed by atoms with Crippen molar-refractivity contribution in [3.05, 3.63) is 23.8 Å². The van der Waals surface area contributed by atoms with E-state index in [2.05, 4.69) is 6.92 Å². The SMILES string of the molecule is CCCC1CCC(CCC2CCC3CC(C4CCC(COc5ccc(OCC)c(F)c5F)CC4)CCC3C2)CC1. The lowest BCUT2D eigenvalue weighted by Gasteiger charge is -2.45. The van der Waals surface area contributed by atoms with Gasteiger partial charge >= 0.3 is 0 Å². The molecule has 0 aliphatic heterocycles. The molecule has 4 aliphatic carbocycles. The molecule has 4 fully saturated rings. The van der Waals surface area contributed by atoms with Crippen LogP contribution in [0, 0.1) is 59.0 Å². The van der Waals surface area contributed by atoms with Gasteiger partial charge in [-0.05, 0) is 124 Å². The van der Waals surface area contributed by atoms with Crippen LogP contribution >= 0.6 is 0 Å². The van der Waals surface area contributed by atoms with Gasteiger partial charge in [-0.3, -0.25) is 0 Å². The average molecular weight is 559 g/mol. The van der Waals surface area contributed by atoms with Crippen molar-refractivity contribution in [2.45, 2.75) is 129 Å². The number of ether oxygens (including phenoxy) is 2. The van der Waals surface area contributed by atoms with Crippen LogP contribution in [0.3, 0.4) is 0 Å². The largest absolute Gasteiger partial charge is 0.491 e. The molecule has 4 unspecified atom stereocenters. The van der Waals surface area contributed by atoms with Crippen LogP contribution in [0.2, 0.25) is 0 Å². The summed E-state index contributed by atoms with van der Waals surface area (Å²) in [5.74, 6) is 5.37. The average Bonchev–Trinajstić information content (AvgIpc) is 2.99. The maximum Gasteiger partial charge on any atom is 0.204 e. The van der Waals surface area contributed by atoms with E-state index in [-0.39, 0.29) is 11.5 Å². The zero-order chi connectivity index (χ0) is 27.9. The second-order valence-electron chi connectivity index (χ2n) is 14.2. The highest BCUT2D eigenvalue weighted by atomic mass is 19.2. The number of halogens is 2. The van der Waals surface area contributed by atoms with Gasteiger partial charge in [-0.1, -0.05) is 64.7 Å². The van der Waals surface area contributed by atoms with Crippen LogP contribution in [0.25, 0.3) is 0 Å². The Bertz CT molecular complexity index is 902. The molecule has 1 aromatic carbocycles. The fourth-order valence-corrected chi connectivity index (χ4v) is 9.33. The van der Waals surface area contributed by atoms with Gasteiger partial charge in [0.15, 0.2) is 11.5 Å². The van der Waals surface area contributed by atoms with Crippen molar-refractivity contribution in [2.24, 2.45) is 47.3 Å². The van der Waals surface area contributed by atoms with Crippen LogP contribution in [0.5, 0.6) is 11.5 Å². The van der Waals surface area contributed by atoms with E-state index in [1.165, 1.54) is 115 Å². The molecule has 4 atom stereocenters. The molecule has 4 aliphatic rings. The molecule has 4 saturated carbocycles. The van der Waals surface area contributed by atoms with E-state index in [0.29, 0.717) is 19.1 Å². The van der Waals surface area contributed by atoms with E-state index in [9.17, 15) is 8.78 Å². The zero-order valence-electron chi connectivity index (χ0n) is 25.5. The van der Waals surface area contributed by atoms with Gasteiger partial charge in [-0.2, -0.15) is 8.78 Å². The van der Waals surface area contributed by atoms with Crippen molar-refractivity contribution < 1.29 is 18.3 Å². The third kappa shape index (κ3) is 7.74. The van der Waals surface area contributed by atoms with Crippen molar-refractivity contribution in [1.29, 1.82) is 0 Å². The second kappa shape index (κ2) is 14.7. The Hall–Kier alpha value is -1.32. The van der Waals surface area contributed by atoms with Gasteiger partial charge in [0.05, 0.1) is 13.2 Å². The second-order valence-corrected chi connectivity index (χ2v) is 14.2. The summed E-state index contributed by atoms with van der Waals surface area (Å²) in [6.45, 7) is 4.89. The molecule has 0 N–H and O–H groups in total. The standard InChI is InChI=1S/C36H56F2O2/c1-3-5-25-6-8-26(9-7-25)10-11-27-12-17-32-23-31(19-18-30(32)22-27)29-15-13-28(14-16-29)24-40-34-21-20-33(39-4-2)35(37)36(34)38/h20-21,25-32H,3-19,22-24H2,1-2H3. The van der Waals surface area contributed by atoms with Crippen LogP contribution in [-0.2, 0) is 0 Å². The Labute approximate surface area is 243 Å². The first-order valence-electron chi connectivity index (χ1n) is 17.3. The van der Waals surface area contributed by atoms with Gasteiger partial charge in [0.1, 0.15) is 0 Å². The first-order chi connectivity index (χ1) is 19.5. The van der Waals surface area contributed by atoms with Gasteiger partial charge in [0.2, 0.25) is 11.6 Å². The summed E-state index contributed by atoms with van der Waals surface area (Å²) in [5.41, 5.74) is 0. The molecule has 5 rings (SSSR count). The predicted molar refractivity (Wildman–Crippen MR) is 160 cm³/mol. The molecule has 1 aromatic rings. The van der Waals surface area contributed by atoms with Gasteiger partial charge in [0, 0.05) is 0 Å². The van der Waals surface area contributed by atoms with Crippen molar-refractivity contribution in [1.82, 2.24) is 0 Å². The van der Waals surface area contributed by atoms with Gasteiger partial charge in [-0.25, -0.2) is 0 Å². The summed E-state index contributed by atoms with van der Waals surface area (Å²) in [6, 6.07) is 2.97. The first kappa shape index (κ1) is 30.1. The lowest BCUT2D eigenvalue weighted by atomic mass is 9.60. The topological polar surface area (TPSA) is 18.5 Å².